The molecule has 0 aliphatic heterocycles. The molecule has 0 bridgehead atoms. The minimum absolute atomic E-state index is 0.109. The van der Waals surface area contributed by atoms with Crippen LogP contribution in [0, 0.1) is 5.41 Å². The monoisotopic (exact) mass is 188 g/mol. The van der Waals surface area contributed by atoms with Crippen molar-refractivity contribution >= 4 is 17.8 Å². The van der Waals surface area contributed by atoms with Crippen molar-refractivity contribution in [2.24, 2.45) is 5.73 Å². The fourth-order valence-corrected chi connectivity index (χ4v) is 0.515. The molecule has 0 radical (unpaired) electrons. The molecule has 0 saturated heterocycles. The summed E-state index contributed by atoms with van der Waals surface area (Å²) in [6, 6.07) is 0. The fraction of sp³-hybridized carbons (Fsp3) is 0.571. The molecule has 0 aliphatic rings. The highest BCUT2D eigenvalue weighted by Gasteiger charge is 2.03. The van der Waals surface area contributed by atoms with Crippen molar-refractivity contribution in [2.45, 2.75) is 19.8 Å². The van der Waals surface area contributed by atoms with Crippen molar-refractivity contribution < 1.29 is 19.1 Å². The molecule has 6 nitrogen and oxygen atoms in total. The van der Waals surface area contributed by atoms with Gasteiger partial charge in [-0.3, -0.25) is 4.79 Å². The summed E-state index contributed by atoms with van der Waals surface area (Å²) in [5, 5.41) is 7.02. The van der Waals surface area contributed by atoms with Gasteiger partial charge in [0.05, 0.1) is 6.42 Å². The summed E-state index contributed by atoms with van der Waals surface area (Å²) in [4.78, 5) is 20.8. The number of amides is 1. The molecule has 0 fully saturated rings. The SMILES string of the molecule is CC(=N)CCC(=O)OCOC(N)=O. The summed E-state index contributed by atoms with van der Waals surface area (Å²) in [5.41, 5.74) is 5.01. The molecule has 0 heterocycles. The summed E-state index contributed by atoms with van der Waals surface area (Å²) < 4.78 is 8.61. The van der Waals surface area contributed by atoms with E-state index in [0.717, 1.165) is 0 Å². The summed E-state index contributed by atoms with van der Waals surface area (Å²) in [7, 11) is 0. The van der Waals surface area contributed by atoms with Crippen molar-refractivity contribution in [3.63, 3.8) is 0 Å². The zero-order valence-electron chi connectivity index (χ0n) is 7.33. The second kappa shape index (κ2) is 5.99. The van der Waals surface area contributed by atoms with E-state index in [2.05, 4.69) is 15.2 Å². The van der Waals surface area contributed by atoms with E-state index in [1.54, 1.807) is 6.92 Å². The Morgan fingerprint density at radius 2 is 1.92 bits per heavy atom. The topological polar surface area (TPSA) is 102 Å². The molecule has 0 saturated carbocycles. The maximum Gasteiger partial charge on any atom is 0.407 e. The van der Waals surface area contributed by atoms with Crippen LogP contribution in [0.5, 0.6) is 0 Å². The molecule has 0 aromatic carbocycles. The van der Waals surface area contributed by atoms with Crippen molar-refractivity contribution in [3.8, 4) is 0 Å². The average molecular weight is 188 g/mol. The van der Waals surface area contributed by atoms with Crippen LogP contribution < -0.4 is 5.73 Å². The van der Waals surface area contributed by atoms with Crippen molar-refractivity contribution in [1.29, 1.82) is 5.41 Å². The third kappa shape index (κ3) is 8.32. The van der Waals surface area contributed by atoms with Gasteiger partial charge in [0.2, 0.25) is 6.79 Å². The summed E-state index contributed by atoms with van der Waals surface area (Å²) in [5.74, 6) is -0.521. The van der Waals surface area contributed by atoms with E-state index < -0.39 is 18.9 Å². The van der Waals surface area contributed by atoms with Crippen molar-refractivity contribution in [1.82, 2.24) is 0 Å². The Bertz CT molecular complexity index is 215. The number of hydrogen-bond acceptors (Lipinski definition) is 5. The van der Waals surface area contributed by atoms with Gasteiger partial charge in [0, 0.05) is 5.71 Å². The average Bonchev–Trinajstić information content (AvgIpc) is 2.00. The zero-order valence-corrected chi connectivity index (χ0v) is 7.33. The molecule has 0 atom stereocenters. The molecule has 6 heteroatoms. The number of nitrogens with one attached hydrogen (secondary N) is 1. The predicted octanol–water partition coefficient (Wildman–Crippen LogP) is 0.402. The molecular weight excluding hydrogens is 176 g/mol. The van der Waals surface area contributed by atoms with Crippen LogP contribution in [0.4, 0.5) is 4.79 Å². The minimum Gasteiger partial charge on any atom is -0.428 e. The number of primary amides is 1. The van der Waals surface area contributed by atoms with E-state index in [1.807, 2.05) is 0 Å². The number of ether oxygens (including phenoxy) is 2. The Labute approximate surface area is 75.5 Å². The Kier molecular flexibility index (Phi) is 5.25. The Balaban J connectivity index is 3.41. The predicted molar refractivity (Wildman–Crippen MR) is 44.3 cm³/mol. The van der Waals surface area contributed by atoms with E-state index in [4.69, 9.17) is 5.41 Å². The molecule has 0 spiro atoms. The lowest BCUT2D eigenvalue weighted by molar-refractivity contribution is -0.151. The second-order valence-corrected chi connectivity index (χ2v) is 2.38. The van der Waals surface area contributed by atoms with Crippen molar-refractivity contribution in [3.05, 3.63) is 0 Å². The molecule has 0 aromatic heterocycles. The van der Waals surface area contributed by atoms with Crippen molar-refractivity contribution in [2.75, 3.05) is 6.79 Å². The van der Waals surface area contributed by atoms with Gasteiger partial charge in [-0.25, -0.2) is 4.79 Å². The number of carbonyl (C=O) groups is 2. The van der Waals surface area contributed by atoms with E-state index >= 15 is 0 Å². The lowest BCUT2D eigenvalue weighted by Crippen LogP contribution is -2.17. The van der Waals surface area contributed by atoms with E-state index in [0.29, 0.717) is 12.1 Å². The van der Waals surface area contributed by atoms with Crippen LogP contribution in [-0.4, -0.2) is 24.6 Å². The van der Waals surface area contributed by atoms with Crippen LogP contribution in [0.2, 0.25) is 0 Å². The molecule has 0 rings (SSSR count). The van der Waals surface area contributed by atoms with Gasteiger partial charge in [-0.05, 0) is 13.3 Å². The number of esters is 1. The molecule has 1 amide bonds. The van der Waals surface area contributed by atoms with Crippen LogP contribution in [0.1, 0.15) is 19.8 Å². The van der Waals surface area contributed by atoms with Crippen LogP contribution in [0.3, 0.4) is 0 Å². The maximum atomic E-state index is 10.8. The van der Waals surface area contributed by atoms with Gasteiger partial charge in [0.1, 0.15) is 0 Å². The lowest BCUT2D eigenvalue weighted by atomic mass is 10.2. The zero-order chi connectivity index (χ0) is 10.3. The standard InChI is InChI=1S/C7H12N2O4/c1-5(8)2-3-6(10)12-4-13-7(9)11/h8H,2-4H2,1H3,(H2,9,11). The van der Waals surface area contributed by atoms with Gasteiger partial charge in [-0.1, -0.05) is 0 Å². The van der Waals surface area contributed by atoms with E-state index in [-0.39, 0.29) is 6.42 Å². The first-order valence-corrected chi connectivity index (χ1v) is 3.64. The molecule has 0 aromatic rings. The maximum absolute atomic E-state index is 10.8. The van der Waals surface area contributed by atoms with Gasteiger partial charge in [-0.2, -0.15) is 0 Å². The highest BCUT2D eigenvalue weighted by atomic mass is 16.7. The van der Waals surface area contributed by atoms with Gasteiger partial charge in [-0.15, -0.1) is 0 Å². The van der Waals surface area contributed by atoms with Gasteiger partial charge >= 0.3 is 12.1 Å². The smallest absolute Gasteiger partial charge is 0.407 e. The highest BCUT2D eigenvalue weighted by molar-refractivity contribution is 5.83. The number of nitrogens with two attached hydrogens (primary N) is 1. The van der Waals surface area contributed by atoms with Gasteiger partial charge < -0.3 is 20.6 Å². The number of rotatable bonds is 5. The Morgan fingerprint density at radius 3 is 2.38 bits per heavy atom. The lowest BCUT2D eigenvalue weighted by Gasteiger charge is -2.03. The largest absolute Gasteiger partial charge is 0.428 e. The fourth-order valence-electron chi connectivity index (χ4n) is 0.515. The molecule has 0 unspecified atom stereocenters. The van der Waals surface area contributed by atoms with Crippen LogP contribution >= 0.6 is 0 Å². The quantitative estimate of drug-likeness (QED) is 0.370. The normalized spacial score (nSPS) is 9.00. The molecule has 74 valence electrons. The first kappa shape index (κ1) is 11.4. The highest BCUT2D eigenvalue weighted by Crippen LogP contribution is 1.94. The first-order valence-electron chi connectivity index (χ1n) is 3.64. The van der Waals surface area contributed by atoms with Crippen LogP contribution in [-0.2, 0) is 14.3 Å². The van der Waals surface area contributed by atoms with Crippen LogP contribution in [0.25, 0.3) is 0 Å². The number of carbonyl (C=O) groups excluding carboxylic acids is 2. The molecule has 0 aliphatic carbocycles. The molecular formula is C7H12N2O4. The first-order chi connectivity index (χ1) is 6.02. The van der Waals surface area contributed by atoms with Gasteiger partial charge in [0.25, 0.3) is 0 Å². The third-order valence-corrected chi connectivity index (χ3v) is 1.13. The molecule has 3 N–H and O–H groups in total. The van der Waals surface area contributed by atoms with Crippen LogP contribution in [0.15, 0.2) is 0 Å². The Morgan fingerprint density at radius 1 is 1.31 bits per heavy atom. The Hall–Kier alpha value is -1.59. The number of hydrogen-bond donors (Lipinski definition) is 2. The summed E-state index contributed by atoms with van der Waals surface area (Å²) in [6.45, 7) is 1.12. The molecule has 13 heavy (non-hydrogen) atoms. The van der Waals surface area contributed by atoms with E-state index in [1.165, 1.54) is 0 Å². The summed E-state index contributed by atoms with van der Waals surface area (Å²) in [6.07, 6.45) is -0.539. The summed E-state index contributed by atoms with van der Waals surface area (Å²) >= 11 is 0. The van der Waals surface area contributed by atoms with E-state index in [9.17, 15) is 9.59 Å². The third-order valence-electron chi connectivity index (χ3n) is 1.13. The van der Waals surface area contributed by atoms with Gasteiger partial charge in [0.15, 0.2) is 0 Å². The minimum atomic E-state index is -0.990. The second-order valence-electron chi connectivity index (χ2n) is 2.38.